The number of carbonyl (C=O) groups is 1. The van der Waals surface area contributed by atoms with E-state index in [-0.39, 0.29) is 5.97 Å². The molecule has 4 aromatic rings. The van der Waals surface area contributed by atoms with Gasteiger partial charge in [-0.1, -0.05) is 84.0 Å². The number of nitrogens with one attached hydrogen (secondary N) is 1. The van der Waals surface area contributed by atoms with Crippen LogP contribution >= 0.6 is 0 Å². The summed E-state index contributed by atoms with van der Waals surface area (Å²) in [5.74, 6) is 0.718. The monoisotopic (exact) mass is 535 g/mol. The summed E-state index contributed by atoms with van der Waals surface area (Å²) in [5, 5.41) is 7.93. The number of benzene rings is 3. The molecular formula is C34H37N3O3. The van der Waals surface area contributed by atoms with Crippen molar-refractivity contribution < 1.29 is 14.1 Å². The number of piperidine rings is 1. The van der Waals surface area contributed by atoms with Crippen molar-refractivity contribution in [2.24, 2.45) is 0 Å². The minimum absolute atomic E-state index is 0.101. The van der Waals surface area contributed by atoms with Crippen LogP contribution < -0.4 is 10.2 Å². The van der Waals surface area contributed by atoms with Gasteiger partial charge in [0, 0.05) is 18.2 Å². The van der Waals surface area contributed by atoms with Crippen LogP contribution in [0.4, 0.5) is 5.69 Å². The van der Waals surface area contributed by atoms with Crippen molar-refractivity contribution in [2.45, 2.75) is 57.5 Å². The van der Waals surface area contributed by atoms with Crippen LogP contribution in [0.2, 0.25) is 0 Å². The van der Waals surface area contributed by atoms with Crippen LogP contribution in [-0.2, 0) is 21.5 Å². The lowest BCUT2D eigenvalue weighted by atomic mass is 9.93. The molecule has 0 radical (unpaired) electrons. The second kappa shape index (κ2) is 11.3. The third-order valence-electron chi connectivity index (χ3n) is 8.40. The van der Waals surface area contributed by atoms with E-state index < -0.39 is 5.41 Å². The predicted octanol–water partition coefficient (Wildman–Crippen LogP) is 6.67. The Labute approximate surface area is 236 Å². The van der Waals surface area contributed by atoms with Crippen molar-refractivity contribution >= 4 is 11.7 Å². The lowest BCUT2D eigenvalue weighted by Gasteiger charge is -2.36. The number of anilines is 1. The number of aromatic nitrogens is 1. The fourth-order valence-electron chi connectivity index (χ4n) is 5.98. The minimum atomic E-state index is -0.445. The van der Waals surface area contributed by atoms with Gasteiger partial charge in [0.15, 0.2) is 5.76 Å². The van der Waals surface area contributed by atoms with Gasteiger partial charge in [-0.25, -0.2) is 0 Å². The van der Waals surface area contributed by atoms with Crippen molar-refractivity contribution in [3.8, 4) is 22.5 Å². The summed E-state index contributed by atoms with van der Waals surface area (Å²) >= 11 is 0. The van der Waals surface area contributed by atoms with Gasteiger partial charge < -0.3 is 19.5 Å². The van der Waals surface area contributed by atoms with Crippen LogP contribution in [0.3, 0.4) is 0 Å². The first kappa shape index (κ1) is 26.3. The lowest BCUT2D eigenvalue weighted by Crippen LogP contribution is -2.43. The molecule has 2 fully saturated rings. The first-order valence-corrected chi connectivity index (χ1v) is 14.5. The Hall–Kier alpha value is -3.90. The zero-order valence-corrected chi connectivity index (χ0v) is 23.4. The maximum absolute atomic E-state index is 12.5. The Morgan fingerprint density at radius 2 is 1.57 bits per heavy atom. The van der Waals surface area contributed by atoms with Crippen LogP contribution in [0, 0.1) is 6.92 Å². The number of aryl methyl sites for hydroxylation is 1. The summed E-state index contributed by atoms with van der Waals surface area (Å²) in [6.45, 7) is 7.17. The number of rotatable bonds is 9. The van der Waals surface area contributed by atoms with Crippen LogP contribution in [0.25, 0.3) is 22.5 Å². The molecule has 1 saturated heterocycles. The zero-order chi connectivity index (χ0) is 27.5. The van der Waals surface area contributed by atoms with Gasteiger partial charge in [0.1, 0.15) is 11.4 Å². The maximum atomic E-state index is 12.5. The fraction of sp³-hybridized carbons (Fsp3) is 0.353. The predicted molar refractivity (Wildman–Crippen MR) is 158 cm³/mol. The molecule has 6 rings (SSSR count). The summed E-state index contributed by atoms with van der Waals surface area (Å²) < 4.78 is 11.3. The Morgan fingerprint density at radius 3 is 2.20 bits per heavy atom. The average molecular weight is 536 g/mol. The molecule has 3 aromatic carbocycles. The van der Waals surface area contributed by atoms with Gasteiger partial charge in [0.2, 0.25) is 0 Å². The summed E-state index contributed by atoms with van der Waals surface area (Å²) in [6, 6.07) is 27.9. The van der Waals surface area contributed by atoms with E-state index in [1.54, 1.807) is 0 Å². The number of esters is 1. The summed E-state index contributed by atoms with van der Waals surface area (Å²) in [7, 11) is 0. The molecule has 6 nitrogen and oxygen atoms in total. The third kappa shape index (κ3) is 5.16. The molecule has 0 spiro atoms. The Balaban J connectivity index is 1.26. The lowest BCUT2D eigenvalue weighted by molar-refractivity contribution is -0.146. The number of hydrogen-bond acceptors (Lipinski definition) is 6. The van der Waals surface area contributed by atoms with Crippen molar-refractivity contribution in [1.29, 1.82) is 0 Å². The highest BCUT2D eigenvalue weighted by Crippen LogP contribution is 2.49. The Bertz CT molecular complexity index is 1430. The van der Waals surface area contributed by atoms with E-state index in [0.29, 0.717) is 12.6 Å². The van der Waals surface area contributed by atoms with Crippen molar-refractivity contribution in [2.75, 3.05) is 24.6 Å². The van der Waals surface area contributed by atoms with E-state index in [0.717, 1.165) is 84.7 Å². The highest BCUT2D eigenvalue weighted by Gasteiger charge is 2.52. The molecule has 2 aliphatic rings. The number of carbonyl (C=O) groups excluding carboxylic acids is 1. The van der Waals surface area contributed by atoms with Crippen LogP contribution in [0.1, 0.15) is 49.4 Å². The molecule has 0 amide bonds. The van der Waals surface area contributed by atoms with Crippen LogP contribution in [-0.4, -0.2) is 36.9 Å². The minimum Gasteiger partial charge on any atom is -0.465 e. The molecule has 1 saturated carbocycles. The Kier molecular flexibility index (Phi) is 7.44. The van der Waals surface area contributed by atoms with Gasteiger partial charge in [-0.2, -0.15) is 0 Å². The number of nitrogens with zero attached hydrogens (tertiary/aromatic N) is 2. The molecule has 206 valence electrons. The van der Waals surface area contributed by atoms with Gasteiger partial charge in [0.05, 0.1) is 12.0 Å². The number of hydrogen-bond donors (Lipinski definition) is 1. The van der Waals surface area contributed by atoms with E-state index in [9.17, 15) is 4.79 Å². The summed E-state index contributed by atoms with van der Waals surface area (Å²) in [4.78, 5) is 15.0. The SMILES string of the molecule is CCOC(=O)C1(c2ccc(-c3ccc(-c4onc(C)c4N(Cc4ccccc4)C4CCNCC4)cc3)cc2)CC1. The molecule has 0 atom stereocenters. The summed E-state index contributed by atoms with van der Waals surface area (Å²) in [5.41, 5.74) is 7.13. The van der Waals surface area contributed by atoms with E-state index in [1.165, 1.54) is 5.56 Å². The van der Waals surface area contributed by atoms with Crippen molar-refractivity contribution in [3.05, 3.63) is 95.7 Å². The van der Waals surface area contributed by atoms with Gasteiger partial charge in [-0.15, -0.1) is 0 Å². The van der Waals surface area contributed by atoms with Crippen molar-refractivity contribution in [3.63, 3.8) is 0 Å². The van der Waals surface area contributed by atoms with Crippen LogP contribution in [0.5, 0.6) is 0 Å². The molecule has 1 aromatic heterocycles. The van der Waals surface area contributed by atoms with Gasteiger partial charge in [-0.3, -0.25) is 4.79 Å². The molecule has 0 unspecified atom stereocenters. The maximum Gasteiger partial charge on any atom is 0.316 e. The normalized spacial score (nSPS) is 16.4. The highest BCUT2D eigenvalue weighted by atomic mass is 16.5. The number of ether oxygens (including phenoxy) is 1. The topological polar surface area (TPSA) is 67.6 Å². The van der Waals surface area contributed by atoms with E-state index >= 15 is 0 Å². The standard InChI is InChI=1S/C34H37N3O3/c1-3-39-33(38)34(19-20-34)29-15-13-27(14-16-29)26-9-11-28(12-10-26)32-31(24(2)36-40-32)37(30-17-21-35-22-18-30)23-25-7-5-4-6-8-25/h4-16,30,35H,3,17-23H2,1-2H3. The molecule has 1 aliphatic heterocycles. The first-order chi connectivity index (χ1) is 19.6. The molecule has 0 bridgehead atoms. The molecule has 1 aliphatic carbocycles. The van der Waals surface area contributed by atoms with Gasteiger partial charge in [-0.05, 0) is 74.9 Å². The molecule has 1 N–H and O–H groups in total. The molecular weight excluding hydrogens is 498 g/mol. The molecule has 6 heteroatoms. The summed E-state index contributed by atoms with van der Waals surface area (Å²) in [6.07, 6.45) is 3.89. The first-order valence-electron chi connectivity index (χ1n) is 14.5. The van der Waals surface area contributed by atoms with Gasteiger partial charge in [0.25, 0.3) is 0 Å². The highest BCUT2D eigenvalue weighted by molar-refractivity contribution is 5.87. The van der Waals surface area contributed by atoms with E-state index in [2.05, 4.69) is 94.2 Å². The van der Waals surface area contributed by atoms with Crippen LogP contribution in [0.15, 0.2) is 83.4 Å². The largest absolute Gasteiger partial charge is 0.465 e. The molecule has 2 heterocycles. The quantitative estimate of drug-likeness (QED) is 0.242. The van der Waals surface area contributed by atoms with E-state index in [4.69, 9.17) is 9.26 Å². The van der Waals surface area contributed by atoms with E-state index in [1.807, 2.05) is 13.8 Å². The van der Waals surface area contributed by atoms with Crippen molar-refractivity contribution in [1.82, 2.24) is 10.5 Å². The Morgan fingerprint density at radius 1 is 0.950 bits per heavy atom. The fourth-order valence-corrected chi connectivity index (χ4v) is 5.98. The second-order valence-corrected chi connectivity index (χ2v) is 11.0. The average Bonchev–Trinajstić information content (AvgIpc) is 3.74. The second-order valence-electron chi connectivity index (χ2n) is 11.0. The van der Waals surface area contributed by atoms with Gasteiger partial charge >= 0.3 is 5.97 Å². The molecule has 40 heavy (non-hydrogen) atoms. The third-order valence-corrected chi connectivity index (χ3v) is 8.40. The smallest absolute Gasteiger partial charge is 0.316 e. The zero-order valence-electron chi connectivity index (χ0n) is 23.4.